The van der Waals surface area contributed by atoms with Gasteiger partial charge in [-0.2, -0.15) is 13.2 Å². The van der Waals surface area contributed by atoms with E-state index < -0.39 is 18.6 Å². The van der Waals surface area contributed by atoms with Gasteiger partial charge < -0.3 is 10.1 Å². The largest absolute Gasteiger partial charge is 0.494 e. The smallest absolute Gasteiger partial charge is 0.405 e. The lowest BCUT2D eigenvalue weighted by Gasteiger charge is -2.14. The monoisotopic (exact) mass is 437 g/mol. The number of hydrogen-bond donors (Lipinski definition) is 1. The molecule has 3 rings (SSSR count). The first-order chi connectivity index (χ1) is 14.3. The molecule has 0 fully saturated rings. The molecule has 1 amide bonds. The first kappa shape index (κ1) is 21.7. The second-order valence-corrected chi connectivity index (χ2v) is 7.10. The fraction of sp³-hybridized carbons (Fsp3) is 0.250. The Morgan fingerprint density at radius 3 is 2.53 bits per heavy atom. The van der Waals surface area contributed by atoms with Gasteiger partial charge in [-0.1, -0.05) is 23.9 Å². The normalized spacial score (nSPS) is 11.5. The number of fused-ring (bicyclic) bond motifs is 1. The molecule has 2 aromatic carbocycles. The molecule has 30 heavy (non-hydrogen) atoms. The van der Waals surface area contributed by atoms with Crippen LogP contribution in [0.3, 0.4) is 0 Å². The van der Waals surface area contributed by atoms with Crippen LogP contribution in [0.5, 0.6) is 5.75 Å². The lowest BCUT2D eigenvalue weighted by Crippen LogP contribution is -2.35. The summed E-state index contributed by atoms with van der Waals surface area (Å²) < 4.78 is 43.6. The van der Waals surface area contributed by atoms with Crippen molar-refractivity contribution in [1.29, 1.82) is 0 Å². The Bertz CT molecular complexity index is 1100. The summed E-state index contributed by atoms with van der Waals surface area (Å²) in [6, 6.07) is 13.5. The van der Waals surface area contributed by atoms with Crippen LogP contribution in [-0.2, 0) is 4.79 Å². The Labute approximate surface area is 174 Å². The van der Waals surface area contributed by atoms with Gasteiger partial charge in [-0.15, -0.1) is 0 Å². The summed E-state index contributed by atoms with van der Waals surface area (Å²) in [7, 11) is 0. The van der Waals surface area contributed by atoms with Crippen LogP contribution in [0.15, 0.2) is 58.5 Å². The number of para-hydroxylation sites is 1. The molecule has 0 saturated carbocycles. The summed E-state index contributed by atoms with van der Waals surface area (Å²) in [5.41, 5.74) is 0.589. The van der Waals surface area contributed by atoms with Crippen LogP contribution < -0.4 is 15.6 Å². The Morgan fingerprint density at radius 1 is 1.17 bits per heavy atom. The molecule has 158 valence electrons. The van der Waals surface area contributed by atoms with Gasteiger partial charge >= 0.3 is 6.18 Å². The molecule has 0 aliphatic rings. The Hall–Kier alpha value is -3.01. The van der Waals surface area contributed by atoms with E-state index >= 15 is 0 Å². The SMILES string of the molecule is CCOc1ccc(-n2c(SCC(=O)NCC(F)(F)F)nc3ccccc3c2=O)cc1. The van der Waals surface area contributed by atoms with Gasteiger partial charge in [0.05, 0.1) is 29.0 Å². The topological polar surface area (TPSA) is 73.2 Å². The lowest BCUT2D eigenvalue weighted by atomic mass is 10.2. The van der Waals surface area contributed by atoms with Crippen molar-refractivity contribution in [3.63, 3.8) is 0 Å². The van der Waals surface area contributed by atoms with Crippen LogP contribution in [0.4, 0.5) is 13.2 Å². The van der Waals surface area contributed by atoms with Gasteiger partial charge in [0.15, 0.2) is 5.16 Å². The molecule has 0 unspecified atom stereocenters. The van der Waals surface area contributed by atoms with Gasteiger partial charge in [0, 0.05) is 0 Å². The molecule has 0 aliphatic carbocycles. The third-order valence-electron chi connectivity index (χ3n) is 3.97. The average molecular weight is 437 g/mol. The third-order valence-corrected chi connectivity index (χ3v) is 4.91. The van der Waals surface area contributed by atoms with Crippen molar-refractivity contribution in [2.24, 2.45) is 0 Å². The maximum atomic E-state index is 13.1. The van der Waals surface area contributed by atoms with E-state index in [4.69, 9.17) is 4.74 Å². The number of nitrogens with one attached hydrogen (secondary N) is 1. The van der Waals surface area contributed by atoms with Gasteiger partial charge in [-0.25, -0.2) is 4.98 Å². The number of halogens is 3. The van der Waals surface area contributed by atoms with E-state index in [0.717, 1.165) is 11.8 Å². The second kappa shape index (κ2) is 9.21. The summed E-state index contributed by atoms with van der Waals surface area (Å²) >= 11 is 0.885. The molecule has 0 saturated heterocycles. The number of amides is 1. The molecule has 0 bridgehead atoms. The number of carbonyl (C=O) groups excluding carboxylic acids is 1. The highest BCUT2D eigenvalue weighted by Gasteiger charge is 2.27. The zero-order chi connectivity index (χ0) is 21.7. The second-order valence-electron chi connectivity index (χ2n) is 6.16. The van der Waals surface area contributed by atoms with E-state index in [9.17, 15) is 22.8 Å². The van der Waals surface area contributed by atoms with Crippen molar-refractivity contribution in [3.05, 3.63) is 58.9 Å². The van der Waals surface area contributed by atoms with E-state index in [1.165, 1.54) is 4.57 Å². The third kappa shape index (κ3) is 5.32. The van der Waals surface area contributed by atoms with Crippen molar-refractivity contribution in [2.45, 2.75) is 18.3 Å². The number of carbonyl (C=O) groups is 1. The maximum absolute atomic E-state index is 13.1. The average Bonchev–Trinajstić information content (AvgIpc) is 2.71. The molecule has 6 nitrogen and oxygen atoms in total. The molecule has 10 heteroatoms. The Morgan fingerprint density at radius 2 is 1.87 bits per heavy atom. The van der Waals surface area contributed by atoms with Crippen LogP contribution in [0, 0.1) is 0 Å². The van der Waals surface area contributed by atoms with Gasteiger partial charge in [0.1, 0.15) is 12.3 Å². The predicted octanol–water partition coefficient (Wildman–Crippen LogP) is 3.56. The van der Waals surface area contributed by atoms with Gasteiger partial charge in [0.25, 0.3) is 5.56 Å². The van der Waals surface area contributed by atoms with E-state index in [2.05, 4.69) is 4.98 Å². The standard InChI is InChI=1S/C20H18F3N3O3S/c1-2-29-14-9-7-13(8-10-14)26-18(28)15-5-3-4-6-16(15)25-19(26)30-11-17(27)24-12-20(21,22)23/h3-10H,2,11-12H2,1H3,(H,24,27). The quantitative estimate of drug-likeness (QED) is 0.452. The van der Waals surface area contributed by atoms with Gasteiger partial charge in [-0.05, 0) is 43.3 Å². The van der Waals surface area contributed by atoms with Crippen LogP contribution >= 0.6 is 11.8 Å². The fourth-order valence-electron chi connectivity index (χ4n) is 2.67. The molecule has 0 atom stereocenters. The van der Waals surface area contributed by atoms with E-state index in [0.29, 0.717) is 28.9 Å². The van der Waals surface area contributed by atoms with E-state index in [-0.39, 0.29) is 16.5 Å². The zero-order valence-corrected chi connectivity index (χ0v) is 16.7. The minimum atomic E-state index is -4.49. The van der Waals surface area contributed by atoms with Crippen molar-refractivity contribution in [2.75, 3.05) is 18.9 Å². The predicted molar refractivity (Wildman–Crippen MR) is 108 cm³/mol. The van der Waals surface area contributed by atoms with E-state index in [1.54, 1.807) is 48.5 Å². The molecular formula is C20H18F3N3O3S. The minimum Gasteiger partial charge on any atom is -0.494 e. The molecule has 0 aliphatic heterocycles. The number of hydrogen-bond acceptors (Lipinski definition) is 5. The number of thioether (sulfide) groups is 1. The summed E-state index contributed by atoms with van der Waals surface area (Å²) in [6.45, 7) is 0.929. The van der Waals surface area contributed by atoms with Crippen LogP contribution in [0.2, 0.25) is 0 Å². The molecule has 3 aromatic rings. The Kier molecular flexibility index (Phi) is 6.66. The number of ether oxygens (including phenoxy) is 1. The van der Waals surface area contributed by atoms with E-state index in [1.807, 2.05) is 12.2 Å². The Balaban J connectivity index is 1.95. The summed E-state index contributed by atoms with van der Waals surface area (Å²) in [5, 5.41) is 2.39. The zero-order valence-electron chi connectivity index (χ0n) is 15.9. The molecule has 1 N–H and O–H groups in total. The van der Waals surface area contributed by atoms with Gasteiger partial charge in [-0.3, -0.25) is 14.2 Å². The number of alkyl halides is 3. The number of benzene rings is 2. The summed E-state index contributed by atoms with van der Waals surface area (Å²) in [5.74, 6) is -0.500. The molecular weight excluding hydrogens is 419 g/mol. The van der Waals surface area contributed by atoms with Crippen molar-refractivity contribution >= 4 is 28.6 Å². The highest BCUT2D eigenvalue weighted by atomic mass is 32.2. The van der Waals surface area contributed by atoms with Crippen LogP contribution in [0.1, 0.15) is 6.92 Å². The fourth-order valence-corrected chi connectivity index (χ4v) is 3.52. The highest BCUT2D eigenvalue weighted by molar-refractivity contribution is 7.99. The van der Waals surface area contributed by atoms with Crippen molar-refractivity contribution in [3.8, 4) is 11.4 Å². The first-order valence-corrected chi connectivity index (χ1v) is 9.98. The highest BCUT2D eigenvalue weighted by Crippen LogP contribution is 2.23. The summed E-state index contributed by atoms with van der Waals surface area (Å²) in [4.78, 5) is 29.3. The number of aromatic nitrogens is 2. The van der Waals surface area contributed by atoms with Crippen LogP contribution in [-0.4, -0.2) is 40.5 Å². The van der Waals surface area contributed by atoms with Gasteiger partial charge in [0.2, 0.25) is 5.91 Å². The maximum Gasteiger partial charge on any atom is 0.405 e. The first-order valence-electron chi connectivity index (χ1n) is 9.00. The number of nitrogens with zero attached hydrogens (tertiary/aromatic N) is 2. The lowest BCUT2D eigenvalue weighted by molar-refractivity contribution is -0.136. The molecule has 1 heterocycles. The van der Waals surface area contributed by atoms with Crippen LogP contribution in [0.25, 0.3) is 16.6 Å². The number of rotatable bonds is 7. The minimum absolute atomic E-state index is 0.199. The van der Waals surface area contributed by atoms with Crippen molar-refractivity contribution in [1.82, 2.24) is 14.9 Å². The molecule has 0 spiro atoms. The molecule has 1 aromatic heterocycles. The summed E-state index contributed by atoms with van der Waals surface area (Å²) in [6.07, 6.45) is -4.49. The van der Waals surface area contributed by atoms with Crippen molar-refractivity contribution < 1.29 is 22.7 Å². The molecule has 0 radical (unpaired) electrons.